The summed E-state index contributed by atoms with van der Waals surface area (Å²) in [5.41, 5.74) is 7.11. The quantitative estimate of drug-likeness (QED) is 0.863. The van der Waals surface area contributed by atoms with E-state index >= 15 is 0 Å². The summed E-state index contributed by atoms with van der Waals surface area (Å²) in [5.74, 6) is 1.50. The summed E-state index contributed by atoms with van der Waals surface area (Å²) in [4.78, 5) is 0. The van der Waals surface area contributed by atoms with Crippen LogP contribution in [0.15, 0.2) is 18.2 Å². The third-order valence-corrected chi connectivity index (χ3v) is 2.75. The Morgan fingerprint density at radius 1 is 1.13 bits per heavy atom. The van der Waals surface area contributed by atoms with Gasteiger partial charge in [-0.25, -0.2) is 0 Å². The number of benzene rings is 1. The Balaban J connectivity index is 0.00000112. The molecule has 1 fully saturated rings. The molecule has 1 saturated carbocycles. The zero-order valence-electron chi connectivity index (χ0n) is 8.95. The van der Waals surface area contributed by atoms with E-state index in [2.05, 4.69) is 0 Å². The van der Waals surface area contributed by atoms with Gasteiger partial charge in [-0.15, -0.1) is 12.4 Å². The predicted molar refractivity (Wildman–Crippen MR) is 61.9 cm³/mol. The molecule has 15 heavy (non-hydrogen) atoms. The molecule has 0 amide bonds. The van der Waals surface area contributed by atoms with Gasteiger partial charge in [0, 0.05) is 5.54 Å². The van der Waals surface area contributed by atoms with Crippen molar-refractivity contribution in [1.82, 2.24) is 0 Å². The summed E-state index contributed by atoms with van der Waals surface area (Å²) in [5, 5.41) is 0. The lowest BCUT2D eigenvalue weighted by Gasteiger charge is -2.13. The van der Waals surface area contributed by atoms with E-state index in [1.165, 1.54) is 0 Å². The SMILES string of the molecule is COc1ccc(C2(N)CC2)cc1OC.Cl. The Kier molecular flexibility index (Phi) is 3.47. The molecule has 0 heterocycles. The molecule has 1 aromatic carbocycles. The number of halogens is 1. The van der Waals surface area contributed by atoms with Crippen molar-refractivity contribution in [2.75, 3.05) is 14.2 Å². The Hall–Kier alpha value is -0.930. The van der Waals surface area contributed by atoms with Crippen LogP contribution in [0, 0.1) is 0 Å². The third kappa shape index (κ3) is 2.19. The highest BCUT2D eigenvalue weighted by molar-refractivity contribution is 5.85. The number of rotatable bonds is 3. The summed E-state index contributed by atoms with van der Waals surface area (Å²) in [6, 6.07) is 5.88. The van der Waals surface area contributed by atoms with E-state index in [0.29, 0.717) is 0 Å². The summed E-state index contributed by atoms with van der Waals surface area (Å²) in [7, 11) is 3.27. The Labute approximate surface area is 96.0 Å². The molecule has 2 N–H and O–H groups in total. The minimum absolute atomic E-state index is 0. The molecule has 0 unspecified atom stereocenters. The van der Waals surface area contributed by atoms with Crippen LogP contribution >= 0.6 is 12.4 Å². The summed E-state index contributed by atoms with van der Waals surface area (Å²) >= 11 is 0. The van der Waals surface area contributed by atoms with Gasteiger partial charge in [-0.3, -0.25) is 0 Å². The second-order valence-corrected chi connectivity index (χ2v) is 3.73. The maximum atomic E-state index is 6.09. The number of ether oxygens (including phenoxy) is 2. The first-order valence-corrected chi connectivity index (χ1v) is 4.71. The summed E-state index contributed by atoms with van der Waals surface area (Å²) in [6.45, 7) is 0. The van der Waals surface area contributed by atoms with Crippen molar-refractivity contribution in [3.63, 3.8) is 0 Å². The van der Waals surface area contributed by atoms with Gasteiger partial charge in [0.1, 0.15) is 0 Å². The largest absolute Gasteiger partial charge is 0.493 e. The van der Waals surface area contributed by atoms with Crippen molar-refractivity contribution in [2.45, 2.75) is 18.4 Å². The van der Waals surface area contributed by atoms with Gasteiger partial charge in [0.15, 0.2) is 11.5 Å². The first kappa shape index (κ1) is 12.1. The predicted octanol–water partition coefficient (Wildman–Crippen LogP) is 2.07. The van der Waals surface area contributed by atoms with Crippen molar-refractivity contribution in [3.8, 4) is 11.5 Å². The van der Waals surface area contributed by atoms with Gasteiger partial charge in [-0.1, -0.05) is 6.07 Å². The average molecular weight is 230 g/mol. The molecule has 3 nitrogen and oxygen atoms in total. The highest BCUT2D eigenvalue weighted by Crippen LogP contribution is 2.44. The molecule has 4 heteroatoms. The van der Waals surface area contributed by atoms with Gasteiger partial charge >= 0.3 is 0 Å². The van der Waals surface area contributed by atoms with Crippen LogP contribution in [-0.2, 0) is 5.54 Å². The molecule has 0 aliphatic heterocycles. The molecule has 0 aromatic heterocycles. The fourth-order valence-corrected chi connectivity index (χ4v) is 1.57. The van der Waals surface area contributed by atoms with Crippen LogP contribution in [0.2, 0.25) is 0 Å². The van der Waals surface area contributed by atoms with E-state index < -0.39 is 0 Å². The first-order valence-electron chi connectivity index (χ1n) is 4.71. The highest BCUT2D eigenvalue weighted by atomic mass is 35.5. The van der Waals surface area contributed by atoms with Crippen LogP contribution in [0.4, 0.5) is 0 Å². The van der Waals surface area contributed by atoms with Crippen LogP contribution in [-0.4, -0.2) is 14.2 Å². The van der Waals surface area contributed by atoms with Crippen molar-refractivity contribution >= 4 is 12.4 Å². The fourth-order valence-electron chi connectivity index (χ4n) is 1.57. The van der Waals surface area contributed by atoms with Crippen LogP contribution in [0.1, 0.15) is 18.4 Å². The first-order chi connectivity index (χ1) is 6.69. The van der Waals surface area contributed by atoms with Gasteiger partial charge in [0.05, 0.1) is 14.2 Å². The van der Waals surface area contributed by atoms with Crippen molar-refractivity contribution in [1.29, 1.82) is 0 Å². The normalized spacial score (nSPS) is 16.5. The molecule has 0 atom stereocenters. The van der Waals surface area contributed by atoms with Crippen LogP contribution in [0.5, 0.6) is 11.5 Å². The van der Waals surface area contributed by atoms with Gasteiger partial charge in [-0.05, 0) is 30.5 Å². The lowest BCUT2D eigenvalue weighted by Crippen LogP contribution is -2.18. The molecular weight excluding hydrogens is 214 g/mol. The Morgan fingerprint density at radius 3 is 2.20 bits per heavy atom. The van der Waals surface area contributed by atoms with Crippen molar-refractivity contribution in [3.05, 3.63) is 23.8 Å². The maximum absolute atomic E-state index is 6.09. The van der Waals surface area contributed by atoms with E-state index in [1.54, 1.807) is 14.2 Å². The number of hydrogen-bond donors (Lipinski definition) is 1. The zero-order valence-corrected chi connectivity index (χ0v) is 9.76. The lowest BCUT2D eigenvalue weighted by molar-refractivity contribution is 0.354. The van der Waals surface area contributed by atoms with Gasteiger partial charge in [0.25, 0.3) is 0 Å². The molecule has 1 aliphatic rings. The molecule has 0 bridgehead atoms. The van der Waals surface area contributed by atoms with Crippen LogP contribution < -0.4 is 15.2 Å². The number of methoxy groups -OCH3 is 2. The second-order valence-electron chi connectivity index (χ2n) is 3.73. The molecule has 1 aromatic rings. The highest BCUT2D eigenvalue weighted by Gasteiger charge is 2.40. The molecular formula is C11H16ClNO2. The molecule has 0 spiro atoms. The monoisotopic (exact) mass is 229 g/mol. The number of hydrogen-bond acceptors (Lipinski definition) is 3. The minimum atomic E-state index is -0.112. The molecule has 0 radical (unpaired) electrons. The minimum Gasteiger partial charge on any atom is -0.493 e. The van der Waals surface area contributed by atoms with E-state index in [9.17, 15) is 0 Å². The lowest BCUT2D eigenvalue weighted by atomic mass is 10.1. The molecule has 2 rings (SSSR count). The van der Waals surface area contributed by atoms with Crippen molar-refractivity contribution in [2.24, 2.45) is 5.73 Å². The Bertz CT molecular complexity index is 350. The van der Waals surface area contributed by atoms with Gasteiger partial charge in [0.2, 0.25) is 0 Å². The number of nitrogens with two attached hydrogens (primary N) is 1. The summed E-state index contributed by atoms with van der Waals surface area (Å²) in [6.07, 6.45) is 2.12. The smallest absolute Gasteiger partial charge is 0.161 e. The topological polar surface area (TPSA) is 44.5 Å². The fraction of sp³-hybridized carbons (Fsp3) is 0.455. The molecule has 84 valence electrons. The molecule has 1 aliphatic carbocycles. The molecule has 0 saturated heterocycles. The van der Waals surface area contributed by atoms with Crippen LogP contribution in [0.3, 0.4) is 0 Å². The van der Waals surface area contributed by atoms with E-state index in [-0.39, 0.29) is 17.9 Å². The zero-order chi connectivity index (χ0) is 10.2. The third-order valence-electron chi connectivity index (χ3n) is 2.75. The van der Waals surface area contributed by atoms with Gasteiger partial charge < -0.3 is 15.2 Å². The van der Waals surface area contributed by atoms with Crippen LogP contribution in [0.25, 0.3) is 0 Å². The van der Waals surface area contributed by atoms with E-state index in [1.807, 2.05) is 18.2 Å². The summed E-state index contributed by atoms with van der Waals surface area (Å²) < 4.78 is 10.4. The Morgan fingerprint density at radius 2 is 1.73 bits per heavy atom. The van der Waals surface area contributed by atoms with Gasteiger partial charge in [-0.2, -0.15) is 0 Å². The van der Waals surface area contributed by atoms with E-state index in [0.717, 1.165) is 29.9 Å². The maximum Gasteiger partial charge on any atom is 0.161 e. The second kappa shape index (κ2) is 4.29. The standard InChI is InChI=1S/C11H15NO2.ClH/c1-13-9-4-3-8(7-10(9)14-2)11(12)5-6-11;/h3-4,7H,5-6,12H2,1-2H3;1H. The van der Waals surface area contributed by atoms with E-state index in [4.69, 9.17) is 15.2 Å². The average Bonchev–Trinajstić information content (AvgIpc) is 2.97. The van der Waals surface area contributed by atoms with Crippen molar-refractivity contribution < 1.29 is 9.47 Å².